The van der Waals surface area contributed by atoms with Crippen LogP contribution >= 0.6 is 0 Å². The number of carbonyl (C=O) groups excluding carboxylic acids is 1. The lowest BCUT2D eigenvalue weighted by Gasteiger charge is -2.13. The topological polar surface area (TPSA) is 44.1 Å². The van der Waals surface area contributed by atoms with Crippen LogP contribution < -0.4 is 0 Å². The van der Waals surface area contributed by atoms with E-state index in [4.69, 9.17) is 14.3 Å². The quantitative estimate of drug-likeness (QED) is 0.737. The lowest BCUT2D eigenvalue weighted by molar-refractivity contribution is -0.141. The predicted octanol–water partition coefficient (Wildman–Crippen LogP) is 1.47. The lowest BCUT2D eigenvalue weighted by atomic mass is 9.89. The maximum Gasteiger partial charge on any atom is 0.309 e. The summed E-state index contributed by atoms with van der Waals surface area (Å²) in [5, 5.41) is 0. The number of imidazole rings is 1. The van der Waals surface area contributed by atoms with Gasteiger partial charge in [0.1, 0.15) is 5.82 Å². The molecule has 4 nitrogen and oxygen atoms in total. The molecule has 16 heavy (non-hydrogen) atoms. The minimum absolute atomic E-state index is 0.0406. The second-order valence-corrected chi connectivity index (χ2v) is 3.81. The first-order chi connectivity index (χ1) is 10.3. The van der Waals surface area contributed by atoms with Crippen LogP contribution in [-0.4, -0.2) is 22.1 Å². The molecule has 88 valence electrons. The van der Waals surface area contributed by atoms with Gasteiger partial charge in [0.25, 0.3) is 0 Å². The van der Waals surface area contributed by atoms with Crippen LogP contribution in [0.2, 0.25) is 0 Å². The molecule has 1 aromatic heterocycles. The Balaban J connectivity index is 2.44. The average Bonchev–Trinajstić information content (AvgIpc) is 2.83. The molecular weight excluding hydrogens is 204 g/mol. The largest absolute Gasteiger partial charge is 0.465 e. The third-order valence-electron chi connectivity index (χ3n) is 2.86. The Kier molecular flexibility index (Phi) is 1.43. The van der Waals surface area contributed by atoms with E-state index >= 15 is 0 Å². The third kappa shape index (κ3) is 1.84. The van der Waals surface area contributed by atoms with Crippen molar-refractivity contribution < 1.29 is 19.1 Å². The van der Waals surface area contributed by atoms with E-state index in [1.807, 2.05) is 0 Å². The van der Waals surface area contributed by atoms with Crippen molar-refractivity contribution in [3.05, 3.63) is 17.7 Å². The van der Waals surface area contributed by atoms with Crippen molar-refractivity contribution in [2.75, 3.05) is 6.61 Å². The Hall–Kier alpha value is -1.32. The molecule has 0 bridgehead atoms. The number of esters is 1. The molecule has 0 N–H and O–H groups in total. The van der Waals surface area contributed by atoms with Gasteiger partial charge in [-0.2, -0.15) is 0 Å². The van der Waals surface area contributed by atoms with Gasteiger partial charge in [0, 0.05) is 33.1 Å². The minimum Gasteiger partial charge on any atom is -0.465 e. The van der Waals surface area contributed by atoms with Crippen LogP contribution in [0.4, 0.5) is 0 Å². The van der Waals surface area contributed by atoms with E-state index in [9.17, 15) is 4.79 Å². The summed E-state index contributed by atoms with van der Waals surface area (Å²) in [5.41, 5.74) is 0.406. The van der Waals surface area contributed by atoms with Gasteiger partial charge in [-0.05, 0) is 19.7 Å². The molecule has 4 heteroatoms. The van der Waals surface area contributed by atoms with Crippen LogP contribution in [-0.2, 0) is 23.0 Å². The van der Waals surface area contributed by atoms with Crippen LogP contribution in [0, 0.1) is 18.7 Å². The van der Waals surface area contributed by atoms with Crippen molar-refractivity contribution >= 4 is 5.97 Å². The first-order valence-corrected chi connectivity index (χ1v) is 5.00. The molecule has 1 aliphatic heterocycles. The fourth-order valence-corrected chi connectivity index (χ4v) is 1.72. The predicted molar refractivity (Wildman–Crippen MR) is 59.9 cm³/mol. The SMILES string of the molecule is [2H]c1nc(C)n(C)c1C[C@H]1COC(=O)[C@@]1([2H])C([2H])([2H])C([2H])([2H])[2H]. The first kappa shape index (κ1) is 5.34. The van der Waals surface area contributed by atoms with Crippen molar-refractivity contribution in [2.24, 2.45) is 18.9 Å². The van der Waals surface area contributed by atoms with E-state index < -0.39 is 31.0 Å². The number of aryl methyl sites for hydroxylation is 1. The second kappa shape index (κ2) is 4.28. The normalized spacial score (nSPS) is 37.5. The number of nitrogens with zero attached hydrogens (tertiary/aromatic N) is 2. The summed E-state index contributed by atoms with van der Waals surface area (Å²) in [6, 6.07) is 0. The highest BCUT2D eigenvalue weighted by Crippen LogP contribution is 2.28. The number of hydrogen-bond donors (Lipinski definition) is 0. The highest BCUT2D eigenvalue weighted by atomic mass is 16.5. The zero-order valence-electron chi connectivity index (χ0n) is 16.2. The Morgan fingerprint density at radius 1 is 1.94 bits per heavy atom. The maximum absolute atomic E-state index is 12.0. The molecule has 2 heterocycles. The molecule has 0 amide bonds. The average molecular weight is 229 g/mol. The van der Waals surface area contributed by atoms with Gasteiger partial charge < -0.3 is 9.30 Å². The molecule has 2 rings (SSSR count). The number of ether oxygens (including phenoxy) is 1. The standard InChI is InChI=1S/C12H18N2O2/c1-4-11-9(7-16-12(11)15)5-10-6-13-8(2)14(10)3/h6,9,11H,4-5,7H2,1-3H3/t9-,11-/m0/s1/i1D3,4D2,6D,11D. The lowest BCUT2D eigenvalue weighted by Crippen LogP contribution is -2.18. The number of rotatable bonds is 3. The third-order valence-corrected chi connectivity index (χ3v) is 2.86. The Bertz CT molecular complexity index is 640. The monoisotopic (exact) mass is 229 g/mol. The van der Waals surface area contributed by atoms with Crippen LogP contribution in [0.1, 0.15) is 34.3 Å². The summed E-state index contributed by atoms with van der Waals surface area (Å²) in [6.07, 6.45) is -3.16. The highest BCUT2D eigenvalue weighted by molar-refractivity contribution is 5.74. The van der Waals surface area contributed by atoms with E-state index in [0.717, 1.165) is 0 Å². The first-order valence-electron chi connectivity index (χ1n) is 8.50. The van der Waals surface area contributed by atoms with Crippen LogP contribution in [0.15, 0.2) is 6.17 Å². The van der Waals surface area contributed by atoms with E-state index in [-0.39, 0.29) is 19.2 Å². The second-order valence-electron chi connectivity index (χ2n) is 3.81. The number of cyclic esters (lactones) is 1. The molecule has 0 aromatic carbocycles. The Labute approximate surface area is 105 Å². The zero-order valence-corrected chi connectivity index (χ0v) is 9.20. The van der Waals surface area contributed by atoms with Gasteiger partial charge in [0.2, 0.25) is 0 Å². The van der Waals surface area contributed by atoms with Crippen LogP contribution in [0.25, 0.3) is 0 Å². The summed E-state index contributed by atoms with van der Waals surface area (Å²) in [4.78, 5) is 16.0. The van der Waals surface area contributed by atoms with Gasteiger partial charge in [-0.25, -0.2) is 4.98 Å². The van der Waals surface area contributed by atoms with E-state index in [2.05, 4.69) is 4.98 Å². The summed E-state index contributed by atoms with van der Waals surface area (Å²) in [6.45, 7) is -1.72. The molecular formula is C12H18N2O2. The summed E-state index contributed by atoms with van der Waals surface area (Å²) in [7, 11) is 1.66. The van der Waals surface area contributed by atoms with Crippen molar-refractivity contribution in [3.63, 3.8) is 0 Å². The zero-order chi connectivity index (χ0) is 17.8. The van der Waals surface area contributed by atoms with E-state index in [0.29, 0.717) is 11.5 Å². The van der Waals surface area contributed by atoms with Crippen molar-refractivity contribution in [1.29, 1.82) is 0 Å². The van der Waals surface area contributed by atoms with Gasteiger partial charge in [0.15, 0.2) is 0 Å². The molecule has 1 aliphatic rings. The molecule has 0 aliphatic carbocycles. The number of hydrogen-bond acceptors (Lipinski definition) is 3. The molecule has 2 atom stereocenters. The Morgan fingerprint density at radius 2 is 2.75 bits per heavy atom. The van der Waals surface area contributed by atoms with Gasteiger partial charge in [-0.15, -0.1) is 0 Å². The molecule has 1 saturated heterocycles. The summed E-state index contributed by atoms with van der Waals surface area (Å²) >= 11 is 0. The van der Waals surface area contributed by atoms with Gasteiger partial charge in [-0.3, -0.25) is 4.79 Å². The smallest absolute Gasteiger partial charge is 0.309 e. The molecule has 0 radical (unpaired) electrons. The van der Waals surface area contributed by atoms with Crippen molar-refractivity contribution in [3.8, 4) is 0 Å². The molecule has 0 unspecified atom stereocenters. The number of aromatic nitrogens is 2. The molecule has 1 aromatic rings. The van der Waals surface area contributed by atoms with E-state index in [1.165, 1.54) is 0 Å². The van der Waals surface area contributed by atoms with Crippen LogP contribution in [0.5, 0.6) is 0 Å². The summed E-state index contributed by atoms with van der Waals surface area (Å²) < 4.78 is 60.3. The maximum atomic E-state index is 12.0. The van der Waals surface area contributed by atoms with E-state index in [1.54, 1.807) is 18.5 Å². The summed E-state index contributed by atoms with van der Waals surface area (Å²) in [5.74, 6) is -4.22. The fourth-order valence-electron chi connectivity index (χ4n) is 1.72. The molecule has 0 spiro atoms. The van der Waals surface area contributed by atoms with Crippen molar-refractivity contribution in [2.45, 2.75) is 26.6 Å². The van der Waals surface area contributed by atoms with Gasteiger partial charge in [-0.1, -0.05) is 6.85 Å². The molecule has 1 fully saturated rings. The number of carbonyl (C=O) groups is 1. The van der Waals surface area contributed by atoms with Gasteiger partial charge in [0.05, 0.1) is 13.9 Å². The van der Waals surface area contributed by atoms with Gasteiger partial charge >= 0.3 is 5.97 Å². The van der Waals surface area contributed by atoms with Crippen molar-refractivity contribution in [1.82, 2.24) is 9.55 Å². The van der Waals surface area contributed by atoms with Crippen LogP contribution in [0.3, 0.4) is 0 Å². The minimum atomic E-state index is -3.15. The fraction of sp³-hybridized carbons (Fsp3) is 0.667. The highest BCUT2D eigenvalue weighted by Gasteiger charge is 2.35. The molecule has 0 saturated carbocycles. The Morgan fingerprint density at radius 3 is 3.38 bits per heavy atom.